The van der Waals surface area contributed by atoms with E-state index in [9.17, 15) is 22.8 Å². The predicted octanol–water partition coefficient (Wildman–Crippen LogP) is 2.92. The molecular weight excluding hydrogens is 425 g/mol. The summed E-state index contributed by atoms with van der Waals surface area (Å²) in [6.45, 7) is 4.97. The van der Waals surface area contributed by atoms with Crippen LogP contribution in [0.2, 0.25) is 0 Å². The lowest BCUT2D eigenvalue weighted by Crippen LogP contribution is -2.39. The number of rotatable bonds is 6. The Kier molecular flexibility index (Phi) is 5.66. The molecule has 3 aromatic rings. The summed E-state index contributed by atoms with van der Waals surface area (Å²) in [5, 5.41) is 5.94. The molecule has 1 aromatic carbocycles. The molecule has 1 aliphatic heterocycles. The van der Waals surface area contributed by atoms with Crippen molar-refractivity contribution >= 4 is 17.4 Å². The largest absolute Gasteiger partial charge is 0.416 e. The summed E-state index contributed by atoms with van der Waals surface area (Å²) in [7, 11) is 0. The highest BCUT2D eigenvalue weighted by molar-refractivity contribution is 5.74. The van der Waals surface area contributed by atoms with Gasteiger partial charge in [0.2, 0.25) is 0 Å². The van der Waals surface area contributed by atoms with Crippen LogP contribution in [0, 0.1) is 0 Å². The van der Waals surface area contributed by atoms with Crippen LogP contribution in [0.4, 0.5) is 13.2 Å². The molecule has 170 valence electrons. The SMILES string of the molecule is CCCn1c(=O)c2[nH]c(C3C=NN(Cc4cccc(C(F)(F)F)c4)C3)nc2n(CC)c1=O. The average molecular weight is 448 g/mol. The van der Waals surface area contributed by atoms with Gasteiger partial charge < -0.3 is 4.98 Å². The summed E-state index contributed by atoms with van der Waals surface area (Å²) in [6.07, 6.45) is -2.11. The van der Waals surface area contributed by atoms with Gasteiger partial charge in [0.05, 0.1) is 24.6 Å². The van der Waals surface area contributed by atoms with E-state index in [4.69, 9.17) is 0 Å². The number of H-pyrrole nitrogens is 1. The Labute approximate surface area is 181 Å². The lowest BCUT2D eigenvalue weighted by molar-refractivity contribution is -0.137. The zero-order chi connectivity index (χ0) is 23.0. The first-order chi connectivity index (χ1) is 15.2. The van der Waals surface area contributed by atoms with E-state index < -0.39 is 23.0 Å². The number of aryl methyl sites for hydroxylation is 1. The quantitative estimate of drug-likeness (QED) is 0.628. The van der Waals surface area contributed by atoms with Crippen molar-refractivity contribution in [3.63, 3.8) is 0 Å². The molecule has 0 radical (unpaired) electrons. The molecule has 3 heterocycles. The van der Waals surface area contributed by atoms with Crippen LogP contribution in [0.5, 0.6) is 0 Å². The number of fused-ring (bicyclic) bond motifs is 1. The fraction of sp³-hybridized carbons (Fsp3) is 0.429. The van der Waals surface area contributed by atoms with Crippen molar-refractivity contribution in [1.82, 2.24) is 24.1 Å². The monoisotopic (exact) mass is 448 g/mol. The number of benzene rings is 1. The number of nitrogens with zero attached hydrogens (tertiary/aromatic N) is 5. The van der Waals surface area contributed by atoms with Crippen molar-refractivity contribution in [3.8, 4) is 0 Å². The number of nitrogens with one attached hydrogen (secondary N) is 1. The average Bonchev–Trinajstić information content (AvgIpc) is 3.39. The first-order valence-corrected chi connectivity index (χ1v) is 10.4. The molecule has 1 N–H and O–H groups in total. The second kappa shape index (κ2) is 8.29. The van der Waals surface area contributed by atoms with Crippen molar-refractivity contribution in [3.05, 3.63) is 62.1 Å². The highest BCUT2D eigenvalue weighted by Gasteiger charge is 2.31. The van der Waals surface area contributed by atoms with Gasteiger partial charge in [0.15, 0.2) is 5.65 Å². The number of aromatic nitrogens is 4. The third-order valence-electron chi connectivity index (χ3n) is 5.43. The molecule has 0 bridgehead atoms. The number of aromatic amines is 1. The van der Waals surface area contributed by atoms with Gasteiger partial charge in [0.25, 0.3) is 5.56 Å². The van der Waals surface area contributed by atoms with Crippen molar-refractivity contribution in [2.75, 3.05) is 6.54 Å². The maximum Gasteiger partial charge on any atom is 0.416 e. The van der Waals surface area contributed by atoms with Crippen molar-refractivity contribution in [2.24, 2.45) is 5.10 Å². The van der Waals surface area contributed by atoms with Crippen LogP contribution in [-0.4, -0.2) is 36.9 Å². The second-order valence-corrected chi connectivity index (χ2v) is 7.72. The van der Waals surface area contributed by atoms with Crippen LogP contribution >= 0.6 is 0 Å². The molecule has 8 nitrogen and oxygen atoms in total. The number of hydrogen-bond acceptors (Lipinski definition) is 5. The van der Waals surface area contributed by atoms with E-state index in [0.717, 1.165) is 12.1 Å². The summed E-state index contributed by atoms with van der Waals surface area (Å²) in [4.78, 5) is 33.0. The zero-order valence-corrected chi connectivity index (χ0v) is 17.7. The van der Waals surface area contributed by atoms with Gasteiger partial charge in [0, 0.05) is 19.3 Å². The molecule has 1 aliphatic rings. The van der Waals surface area contributed by atoms with Gasteiger partial charge in [-0.2, -0.15) is 18.3 Å². The Bertz CT molecular complexity index is 1290. The van der Waals surface area contributed by atoms with E-state index in [0.29, 0.717) is 43.1 Å². The molecular formula is C21H23F3N6O2. The van der Waals surface area contributed by atoms with Gasteiger partial charge in [-0.25, -0.2) is 9.78 Å². The van der Waals surface area contributed by atoms with E-state index in [1.165, 1.54) is 15.2 Å². The molecule has 1 atom stereocenters. The summed E-state index contributed by atoms with van der Waals surface area (Å²) >= 11 is 0. The number of alkyl halides is 3. The lowest BCUT2D eigenvalue weighted by Gasteiger charge is -2.16. The highest BCUT2D eigenvalue weighted by Crippen LogP contribution is 2.30. The molecule has 0 saturated carbocycles. The molecule has 32 heavy (non-hydrogen) atoms. The summed E-state index contributed by atoms with van der Waals surface area (Å²) < 4.78 is 41.5. The highest BCUT2D eigenvalue weighted by atomic mass is 19.4. The van der Waals surface area contributed by atoms with Crippen LogP contribution in [0.15, 0.2) is 39.0 Å². The molecule has 0 fully saturated rings. The van der Waals surface area contributed by atoms with Crippen LogP contribution in [-0.2, 0) is 25.8 Å². The maximum atomic E-state index is 13.0. The van der Waals surface area contributed by atoms with E-state index in [-0.39, 0.29) is 18.0 Å². The van der Waals surface area contributed by atoms with Crippen LogP contribution < -0.4 is 11.2 Å². The van der Waals surface area contributed by atoms with E-state index >= 15 is 0 Å². The Morgan fingerprint density at radius 1 is 1.19 bits per heavy atom. The second-order valence-electron chi connectivity index (χ2n) is 7.72. The lowest BCUT2D eigenvalue weighted by atomic mass is 10.1. The molecule has 4 rings (SSSR count). The summed E-state index contributed by atoms with van der Waals surface area (Å²) in [6, 6.07) is 5.14. The molecule has 11 heteroatoms. The Hall–Kier alpha value is -3.37. The van der Waals surface area contributed by atoms with E-state index in [1.807, 2.05) is 13.8 Å². The predicted molar refractivity (Wildman–Crippen MR) is 114 cm³/mol. The minimum absolute atomic E-state index is 0.208. The topological polar surface area (TPSA) is 88.3 Å². The van der Waals surface area contributed by atoms with Gasteiger partial charge in [0.1, 0.15) is 11.3 Å². The fourth-order valence-corrected chi connectivity index (χ4v) is 3.88. The zero-order valence-electron chi connectivity index (χ0n) is 17.7. The standard InChI is InChI=1S/C21H23F3N6O2/c1-3-8-30-19(31)16-18(29(4-2)20(30)32)27-17(26-16)14-10-25-28(12-14)11-13-6-5-7-15(9-13)21(22,23)24/h5-7,9-10,14H,3-4,8,11-12H2,1-2H3,(H,26,27). The third-order valence-corrected chi connectivity index (χ3v) is 5.43. The molecule has 0 aliphatic carbocycles. The van der Waals surface area contributed by atoms with Crippen LogP contribution in [0.25, 0.3) is 11.2 Å². The fourth-order valence-electron chi connectivity index (χ4n) is 3.88. The molecule has 0 amide bonds. The Balaban J connectivity index is 1.59. The van der Waals surface area contributed by atoms with Crippen LogP contribution in [0.1, 0.15) is 43.1 Å². The number of hydrogen-bond donors (Lipinski definition) is 1. The minimum Gasteiger partial charge on any atom is -0.335 e. The van der Waals surface area contributed by atoms with Gasteiger partial charge in [-0.05, 0) is 31.0 Å². The smallest absolute Gasteiger partial charge is 0.335 e. The van der Waals surface area contributed by atoms with Crippen LogP contribution in [0.3, 0.4) is 0 Å². The first-order valence-electron chi connectivity index (χ1n) is 10.4. The van der Waals surface area contributed by atoms with Gasteiger partial charge >= 0.3 is 11.9 Å². The van der Waals surface area contributed by atoms with E-state index in [1.54, 1.807) is 17.3 Å². The molecule has 2 aromatic heterocycles. The normalized spacial score (nSPS) is 16.4. The number of hydrazone groups is 1. The van der Waals surface area contributed by atoms with Crippen molar-refractivity contribution in [1.29, 1.82) is 0 Å². The number of imidazole rings is 1. The first kappa shape index (κ1) is 21.8. The molecule has 1 unspecified atom stereocenters. The van der Waals surface area contributed by atoms with Crippen molar-refractivity contribution < 1.29 is 13.2 Å². The molecule has 0 saturated heterocycles. The van der Waals surface area contributed by atoms with E-state index in [2.05, 4.69) is 15.1 Å². The van der Waals surface area contributed by atoms with Crippen molar-refractivity contribution in [2.45, 2.75) is 52.0 Å². The van der Waals surface area contributed by atoms with Gasteiger partial charge in [-0.3, -0.25) is 18.9 Å². The Morgan fingerprint density at radius 2 is 1.97 bits per heavy atom. The summed E-state index contributed by atoms with van der Waals surface area (Å²) in [5.41, 5.74) is -0.450. The van der Waals surface area contributed by atoms with Gasteiger partial charge in [-0.15, -0.1) is 0 Å². The molecule has 0 spiro atoms. The third kappa shape index (κ3) is 3.94. The van der Waals surface area contributed by atoms with Gasteiger partial charge in [-0.1, -0.05) is 19.1 Å². The number of halogens is 3. The maximum absolute atomic E-state index is 13.0. The Morgan fingerprint density at radius 3 is 2.66 bits per heavy atom. The summed E-state index contributed by atoms with van der Waals surface area (Å²) in [5.74, 6) is 0.205. The minimum atomic E-state index is -4.40.